The Morgan fingerprint density at radius 1 is 0.789 bits per heavy atom. The van der Waals surface area contributed by atoms with E-state index < -0.39 is 35.8 Å². The number of benzene rings is 1. The first-order valence-electron chi connectivity index (χ1n) is 13.4. The average molecular weight is 536 g/mol. The van der Waals surface area contributed by atoms with Crippen molar-refractivity contribution in [1.29, 1.82) is 0 Å². The van der Waals surface area contributed by atoms with Gasteiger partial charge >= 0.3 is 23.9 Å². The number of ether oxygens (including phenoxy) is 3. The van der Waals surface area contributed by atoms with Gasteiger partial charge in [0.15, 0.2) is 11.5 Å². The second-order valence-corrected chi connectivity index (χ2v) is 11.2. The van der Waals surface area contributed by atoms with Gasteiger partial charge in [-0.25, -0.2) is 0 Å². The summed E-state index contributed by atoms with van der Waals surface area (Å²) >= 11 is 0. The molecule has 0 aliphatic carbocycles. The summed E-state index contributed by atoms with van der Waals surface area (Å²) in [6.07, 6.45) is 1.88. The Labute approximate surface area is 226 Å². The highest BCUT2D eigenvalue weighted by molar-refractivity contribution is 5.77. The molecule has 0 amide bonds. The molecular formula is C29H45NO8. The van der Waals surface area contributed by atoms with Gasteiger partial charge in [0.2, 0.25) is 0 Å². The van der Waals surface area contributed by atoms with Gasteiger partial charge in [-0.05, 0) is 54.2 Å². The maximum absolute atomic E-state index is 12.6. The summed E-state index contributed by atoms with van der Waals surface area (Å²) in [6, 6.07) is 3.24. The van der Waals surface area contributed by atoms with Gasteiger partial charge in [-0.2, -0.15) is 0 Å². The minimum atomic E-state index is -1.32. The van der Waals surface area contributed by atoms with Gasteiger partial charge in [-0.15, -0.1) is 0 Å². The molecule has 0 aromatic heterocycles. The predicted octanol–water partition coefficient (Wildman–Crippen LogP) is 5.09. The molecule has 38 heavy (non-hydrogen) atoms. The molecule has 0 aliphatic rings. The lowest BCUT2D eigenvalue weighted by molar-refractivity contribution is -0.146. The molecule has 0 saturated heterocycles. The SMILES string of the molecule is CC(C)CCC(=O)Oc1ccc(C(C(C)COC(=O)CC(C)C)[C@H](N)C(=O)O)cc1OC(=O)CCC(C)C. The fourth-order valence-corrected chi connectivity index (χ4v) is 3.82. The normalized spacial score (nSPS) is 13.8. The van der Waals surface area contributed by atoms with Gasteiger partial charge in [-0.1, -0.05) is 54.5 Å². The van der Waals surface area contributed by atoms with E-state index in [1.54, 1.807) is 13.0 Å². The molecule has 3 N–H and O–H groups in total. The molecule has 214 valence electrons. The van der Waals surface area contributed by atoms with Crippen molar-refractivity contribution >= 4 is 23.9 Å². The first-order valence-corrected chi connectivity index (χ1v) is 13.4. The van der Waals surface area contributed by atoms with E-state index >= 15 is 0 Å². The van der Waals surface area contributed by atoms with Crippen LogP contribution in [0.4, 0.5) is 0 Å². The second-order valence-electron chi connectivity index (χ2n) is 11.2. The van der Waals surface area contributed by atoms with Crippen LogP contribution in [-0.2, 0) is 23.9 Å². The molecular weight excluding hydrogens is 490 g/mol. The standard InChI is InChI=1S/C29H45NO8/c1-17(2)8-12-24(31)37-22-11-10-21(15-23(22)38-25(32)13-9-18(3)4)27(28(30)29(34)35)20(7)16-36-26(33)14-19(5)6/h10-11,15,17-20,27-28H,8-9,12-14,16,30H2,1-7H3,(H,34,35)/t20?,27?,28-/m0/s1. The third kappa shape index (κ3) is 12.1. The van der Waals surface area contributed by atoms with Crippen molar-refractivity contribution in [2.45, 2.75) is 92.5 Å². The molecule has 0 heterocycles. The van der Waals surface area contributed by atoms with Crippen molar-refractivity contribution in [3.8, 4) is 11.5 Å². The molecule has 0 aliphatic heterocycles. The van der Waals surface area contributed by atoms with Gasteiger partial charge in [0.1, 0.15) is 6.04 Å². The first-order chi connectivity index (χ1) is 17.7. The van der Waals surface area contributed by atoms with Crippen molar-refractivity contribution in [3.63, 3.8) is 0 Å². The maximum Gasteiger partial charge on any atom is 0.321 e. The number of nitrogens with two attached hydrogens (primary N) is 1. The van der Waals surface area contributed by atoms with E-state index in [0.29, 0.717) is 30.2 Å². The van der Waals surface area contributed by atoms with Crippen LogP contribution < -0.4 is 15.2 Å². The number of carboxylic acids is 1. The molecule has 0 fully saturated rings. The Bertz CT molecular complexity index is 941. The summed E-state index contributed by atoms with van der Waals surface area (Å²) in [5, 5.41) is 9.69. The molecule has 0 spiro atoms. The molecule has 1 aromatic rings. The van der Waals surface area contributed by atoms with Gasteiger partial charge in [-0.3, -0.25) is 19.2 Å². The number of carbonyl (C=O) groups excluding carboxylic acids is 3. The summed E-state index contributed by atoms with van der Waals surface area (Å²) in [6.45, 7) is 13.5. The number of hydrogen-bond donors (Lipinski definition) is 2. The number of rotatable bonds is 16. The van der Waals surface area contributed by atoms with E-state index in [2.05, 4.69) is 0 Å². The van der Waals surface area contributed by atoms with E-state index in [4.69, 9.17) is 19.9 Å². The van der Waals surface area contributed by atoms with Gasteiger partial charge in [0.25, 0.3) is 0 Å². The molecule has 1 aromatic carbocycles. The number of carboxylic acid groups (broad SMARTS) is 1. The quantitative estimate of drug-likeness (QED) is 0.218. The maximum atomic E-state index is 12.6. The highest BCUT2D eigenvalue weighted by atomic mass is 16.6. The van der Waals surface area contributed by atoms with Gasteiger partial charge in [0, 0.05) is 25.2 Å². The van der Waals surface area contributed by atoms with Crippen LogP contribution in [0.5, 0.6) is 11.5 Å². The Morgan fingerprint density at radius 2 is 1.32 bits per heavy atom. The zero-order valence-corrected chi connectivity index (χ0v) is 23.8. The first kappa shape index (κ1) is 33.1. The van der Waals surface area contributed by atoms with Crippen LogP contribution in [0, 0.1) is 23.7 Å². The van der Waals surface area contributed by atoms with Crippen LogP contribution in [0.1, 0.15) is 92.1 Å². The van der Waals surface area contributed by atoms with E-state index in [-0.39, 0.29) is 49.3 Å². The van der Waals surface area contributed by atoms with E-state index in [0.717, 1.165) is 0 Å². The molecule has 1 rings (SSSR count). The van der Waals surface area contributed by atoms with Crippen molar-refractivity contribution in [2.24, 2.45) is 29.4 Å². The predicted molar refractivity (Wildman–Crippen MR) is 144 cm³/mol. The number of hydrogen-bond acceptors (Lipinski definition) is 8. The smallest absolute Gasteiger partial charge is 0.321 e. The van der Waals surface area contributed by atoms with E-state index in [1.807, 2.05) is 41.5 Å². The third-order valence-corrected chi connectivity index (χ3v) is 6.02. The topological polar surface area (TPSA) is 142 Å². The van der Waals surface area contributed by atoms with Crippen molar-refractivity contribution in [3.05, 3.63) is 23.8 Å². The van der Waals surface area contributed by atoms with Gasteiger partial charge in [0.05, 0.1) is 6.61 Å². The van der Waals surface area contributed by atoms with Crippen LogP contribution in [0.3, 0.4) is 0 Å². The van der Waals surface area contributed by atoms with Crippen LogP contribution >= 0.6 is 0 Å². The number of aliphatic carboxylic acids is 1. The molecule has 9 nitrogen and oxygen atoms in total. The molecule has 0 bridgehead atoms. The fourth-order valence-electron chi connectivity index (χ4n) is 3.82. The fraction of sp³-hybridized carbons (Fsp3) is 0.655. The highest BCUT2D eigenvalue weighted by Gasteiger charge is 2.32. The largest absolute Gasteiger partial charge is 0.480 e. The van der Waals surface area contributed by atoms with Crippen molar-refractivity contribution < 1.29 is 38.5 Å². The second kappa shape index (κ2) is 16.1. The van der Waals surface area contributed by atoms with Crippen molar-refractivity contribution in [2.75, 3.05) is 6.61 Å². The summed E-state index contributed by atoms with van der Waals surface area (Å²) < 4.78 is 16.5. The minimum Gasteiger partial charge on any atom is -0.480 e. The molecule has 0 radical (unpaired) electrons. The minimum absolute atomic E-state index is 0.0146. The lowest BCUT2D eigenvalue weighted by Gasteiger charge is -2.28. The lowest BCUT2D eigenvalue weighted by atomic mass is 9.82. The molecule has 9 heteroatoms. The molecule has 0 saturated carbocycles. The Morgan fingerprint density at radius 3 is 1.79 bits per heavy atom. The highest BCUT2D eigenvalue weighted by Crippen LogP contribution is 2.36. The molecule has 3 atom stereocenters. The molecule has 2 unspecified atom stereocenters. The van der Waals surface area contributed by atoms with E-state index in [9.17, 15) is 24.3 Å². The summed E-state index contributed by atoms with van der Waals surface area (Å²) in [5.41, 5.74) is 6.53. The van der Waals surface area contributed by atoms with Crippen LogP contribution in [0.2, 0.25) is 0 Å². The van der Waals surface area contributed by atoms with Crippen LogP contribution in [-0.4, -0.2) is 41.6 Å². The third-order valence-electron chi connectivity index (χ3n) is 6.02. The number of esters is 3. The Balaban J connectivity index is 3.31. The zero-order chi connectivity index (χ0) is 29.0. The van der Waals surface area contributed by atoms with Crippen LogP contribution in [0.25, 0.3) is 0 Å². The average Bonchev–Trinajstić information content (AvgIpc) is 2.81. The van der Waals surface area contributed by atoms with Crippen molar-refractivity contribution in [1.82, 2.24) is 0 Å². The summed E-state index contributed by atoms with van der Waals surface area (Å²) in [4.78, 5) is 48.9. The summed E-state index contributed by atoms with van der Waals surface area (Å²) in [5.74, 6) is -3.00. The zero-order valence-electron chi connectivity index (χ0n) is 23.8. The summed E-state index contributed by atoms with van der Waals surface area (Å²) in [7, 11) is 0. The Hall–Kier alpha value is -2.94. The van der Waals surface area contributed by atoms with Gasteiger partial charge < -0.3 is 25.1 Å². The van der Waals surface area contributed by atoms with E-state index in [1.165, 1.54) is 12.1 Å². The monoisotopic (exact) mass is 535 g/mol. The number of carbonyl (C=O) groups is 4. The Kier molecular flexibility index (Phi) is 14.0. The van der Waals surface area contributed by atoms with Crippen LogP contribution in [0.15, 0.2) is 18.2 Å². The lowest BCUT2D eigenvalue weighted by Crippen LogP contribution is -2.40.